The quantitative estimate of drug-likeness (QED) is 0.288. The molecule has 0 aliphatic carbocycles. The Bertz CT molecular complexity index is 1550. The number of fused-ring (bicyclic) bond motifs is 1. The number of para-hydroxylation sites is 1. The van der Waals surface area contributed by atoms with Gasteiger partial charge in [0.05, 0.1) is 23.0 Å². The van der Waals surface area contributed by atoms with Gasteiger partial charge in [-0.15, -0.1) is 0 Å². The fourth-order valence-electron chi connectivity index (χ4n) is 4.86. The molecule has 206 valence electrons. The Labute approximate surface area is 231 Å². The number of aliphatic hydroxyl groups is 1. The number of nitro benzene ring substituents is 1. The van der Waals surface area contributed by atoms with E-state index in [4.69, 9.17) is 0 Å². The summed E-state index contributed by atoms with van der Waals surface area (Å²) in [4.78, 5) is 41.2. The molecule has 12 nitrogen and oxygen atoms in total. The zero-order chi connectivity index (χ0) is 28.4. The number of allylic oxidation sites excluding steroid dienone is 1. The van der Waals surface area contributed by atoms with Crippen LogP contribution in [0.15, 0.2) is 65.0 Å². The SMILES string of the molecule is CC1=C(CCO)NCN1Cc1cnc(C)nc1Nc1ccccc1C1=NCC(=O)N(C)c2ccc([N+](=O)[O-])cc21. The molecular weight excluding hydrogens is 512 g/mol. The topological polar surface area (TPSA) is 149 Å². The molecule has 5 rings (SSSR count). The van der Waals surface area contributed by atoms with Crippen LogP contribution in [0, 0.1) is 17.0 Å². The number of rotatable bonds is 8. The largest absolute Gasteiger partial charge is 0.396 e. The summed E-state index contributed by atoms with van der Waals surface area (Å²) < 4.78 is 0. The number of nitrogens with one attached hydrogen (secondary N) is 2. The van der Waals surface area contributed by atoms with Crippen LogP contribution in [-0.2, 0) is 11.3 Å². The summed E-state index contributed by atoms with van der Waals surface area (Å²) >= 11 is 0. The van der Waals surface area contributed by atoms with Gasteiger partial charge in [0.25, 0.3) is 5.69 Å². The number of amides is 1. The fraction of sp³-hybridized carbons (Fsp3) is 0.286. The minimum atomic E-state index is -0.458. The number of likely N-dealkylation sites (N-methyl/N-ethyl adjacent to an activating group) is 1. The third kappa shape index (κ3) is 5.21. The van der Waals surface area contributed by atoms with Crippen LogP contribution in [0.1, 0.15) is 35.9 Å². The number of carbonyl (C=O) groups excluding carboxylic acids is 1. The van der Waals surface area contributed by atoms with E-state index in [9.17, 15) is 20.0 Å². The summed E-state index contributed by atoms with van der Waals surface area (Å²) in [6.07, 6.45) is 2.35. The third-order valence-corrected chi connectivity index (χ3v) is 7.09. The van der Waals surface area contributed by atoms with E-state index in [0.29, 0.717) is 59.5 Å². The molecule has 0 fully saturated rings. The van der Waals surface area contributed by atoms with Gasteiger partial charge in [-0.1, -0.05) is 18.2 Å². The molecule has 0 spiro atoms. The van der Waals surface area contributed by atoms with Crippen molar-refractivity contribution in [2.45, 2.75) is 26.8 Å². The monoisotopic (exact) mass is 542 g/mol. The maximum absolute atomic E-state index is 12.7. The lowest BCUT2D eigenvalue weighted by Gasteiger charge is -2.22. The van der Waals surface area contributed by atoms with E-state index in [1.54, 1.807) is 19.3 Å². The Morgan fingerprint density at radius 2 is 1.98 bits per heavy atom. The van der Waals surface area contributed by atoms with Crippen LogP contribution in [-0.4, -0.2) is 63.4 Å². The number of anilines is 3. The maximum Gasteiger partial charge on any atom is 0.270 e. The number of aromatic nitrogens is 2. The van der Waals surface area contributed by atoms with Gasteiger partial charge in [-0.3, -0.25) is 19.9 Å². The van der Waals surface area contributed by atoms with E-state index < -0.39 is 4.92 Å². The molecule has 0 unspecified atom stereocenters. The van der Waals surface area contributed by atoms with Crippen molar-refractivity contribution in [1.29, 1.82) is 0 Å². The highest BCUT2D eigenvalue weighted by Gasteiger charge is 2.26. The lowest BCUT2D eigenvalue weighted by atomic mass is 9.98. The van der Waals surface area contributed by atoms with Crippen molar-refractivity contribution in [3.05, 3.63) is 92.7 Å². The number of nitro groups is 1. The van der Waals surface area contributed by atoms with Crippen LogP contribution in [0.3, 0.4) is 0 Å². The van der Waals surface area contributed by atoms with Crippen molar-refractivity contribution in [2.75, 3.05) is 37.1 Å². The molecule has 0 saturated carbocycles. The molecule has 0 bridgehead atoms. The highest BCUT2D eigenvalue weighted by molar-refractivity contribution is 6.22. The molecule has 0 atom stereocenters. The van der Waals surface area contributed by atoms with E-state index in [1.807, 2.05) is 38.1 Å². The van der Waals surface area contributed by atoms with Crippen LogP contribution in [0.25, 0.3) is 0 Å². The molecule has 1 amide bonds. The maximum atomic E-state index is 12.7. The van der Waals surface area contributed by atoms with Gasteiger partial charge in [0, 0.05) is 78.7 Å². The lowest BCUT2D eigenvalue weighted by molar-refractivity contribution is -0.384. The molecule has 40 heavy (non-hydrogen) atoms. The second-order valence-electron chi connectivity index (χ2n) is 9.61. The van der Waals surface area contributed by atoms with Gasteiger partial charge in [-0.25, -0.2) is 9.97 Å². The number of aliphatic hydroxyl groups excluding tert-OH is 1. The first kappa shape index (κ1) is 26.8. The highest BCUT2D eigenvalue weighted by atomic mass is 16.6. The number of benzene rings is 2. The van der Waals surface area contributed by atoms with Crippen molar-refractivity contribution in [2.24, 2.45) is 4.99 Å². The first-order valence-corrected chi connectivity index (χ1v) is 12.8. The van der Waals surface area contributed by atoms with Crippen molar-refractivity contribution < 1.29 is 14.8 Å². The second-order valence-corrected chi connectivity index (χ2v) is 9.61. The smallest absolute Gasteiger partial charge is 0.270 e. The third-order valence-electron chi connectivity index (χ3n) is 7.09. The standard InChI is InChI=1S/C28H30N8O4/c1-17-23(10-11-37)31-16-35(17)15-19-13-29-18(2)32-28(19)33-24-7-5-4-6-21(24)27-22-12-20(36(39)40)8-9-25(22)34(3)26(38)14-30-27/h4-9,12-13,31,37H,10-11,14-16H2,1-3H3,(H,29,32,33). The van der Waals surface area contributed by atoms with Crippen molar-refractivity contribution in [3.63, 3.8) is 0 Å². The molecule has 3 heterocycles. The van der Waals surface area contributed by atoms with E-state index in [1.165, 1.54) is 17.0 Å². The summed E-state index contributed by atoms with van der Waals surface area (Å²) in [6, 6.07) is 11.9. The Balaban J connectivity index is 1.54. The summed E-state index contributed by atoms with van der Waals surface area (Å²) in [7, 11) is 1.64. The van der Waals surface area contributed by atoms with Crippen LogP contribution < -0.4 is 15.5 Å². The molecule has 1 aromatic heterocycles. The number of carbonyl (C=O) groups is 1. The van der Waals surface area contributed by atoms with Crippen LogP contribution in [0.5, 0.6) is 0 Å². The molecule has 2 aliphatic rings. The molecule has 0 radical (unpaired) electrons. The van der Waals surface area contributed by atoms with Gasteiger partial charge in [0.2, 0.25) is 5.91 Å². The number of aliphatic imine (C=N–C) groups is 1. The van der Waals surface area contributed by atoms with E-state index in [-0.39, 0.29) is 24.7 Å². The number of non-ortho nitro benzene ring substituents is 1. The minimum Gasteiger partial charge on any atom is -0.396 e. The Hall–Kier alpha value is -4.84. The number of aryl methyl sites for hydroxylation is 1. The van der Waals surface area contributed by atoms with Gasteiger partial charge in [0.1, 0.15) is 18.2 Å². The minimum absolute atomic E-state index is 0.0717. The molecule has 2 aromatic carbocycles. The van der Waals surface area contributed by atoms with Crippen molar-refractivity contribution in [1.82, 2.24) is 20.2 Å². The molecule has 2 aliphatic heterocycles. The van der Waals surface area contributed by atoms with E-state index in [2.05, 4.69) is 30.5 Å². The predicted octanol–water partition coefficient (Wildman–Crippen LogP) is 3.23. The predicted molar refractivity (Wildman–Crippen MR) is 151 cm³/mol. The second kappa shape index (κ2) is 11.1. The lowest BCUT2D eigenvalue weighted by Crippen LogP contribution is -2.27. The van der Waals surface area contributed by atoms with Crippen LogP contribution >= 0.6 is 0 Å². The number of hydrogen-bond acceptors (Lipinski definition) is 10. The Morgan fingerprint density at radius 1 is 1.18 bits per heavy atom. The van der Waals surface area contributed by atoms with Crippen LogP contribution in [0.4, 0.5) is 22.9 Å². The first-order chi connectivity index (χ1) is 19.3. The molecular formula is C28H30N8O4. The average molecular weight is 543 g/mol. The van der Waals surface area contributed by atoms with E-state index in [0.717, 1.165) is 17.0 Å². The molecule has 3 aromatic rings. The van der Waals surface area contributed by atoms with Crippen molar-refractivity contribution >= 4 is 34.5 Å². The number of nitrogens with zero attached hydrogens (tertiary/aromatic N) is 6. The van der Waals surface area contributed by atoms with Crippen LogP contribution in [0.2, 0.25) is 0 Å². The Morgan fingerprint density at radius 3 is 2.75 bits per heavy atom. The Kier molecular flexibility index (Phi) is 7.43. The fourth-order valence-corrected chi connectivity index (χ4v) is 4.86. The zero-order valence-corrected chi connectivity index (χ0v) is 22.5. The molecule has 12 heteroatoms. The van der Waals surface area contributed by atoms with Gasteiger partial charge in [-0.05, 0) is 26.0 Å². The number of benzodiazepines with no additional fused rings is 1. The van der Waals surface area contributed by atoms with E-state index >= 15 is 0 Å². The summed E-state index contributed by atoms with van der Waals surface area (Å²) in [5.74, 6) is 0.994. The number of hydrogen-bond donors (Lipinski definition) is 3. The zero-order valence-electron chi connectivity index (χ0n) is 22.5. The van der Waals surface area contributed by atoms with Gasteiger partial charge in [0.15, 0.2) is 0 Å². The first-order valence-electron chi connectivity index (χ1n) is 12.8. The van der Waals surface area contributed by atoms with Gasteiger partial charge < -0.3 is 25.5 Å². The van der Waals surface area contributed by atoms with Crippen molar-refractivity contribution in [3.8, 4) is 0 Å². The highest BCUT2D eigenvalue weighted by Crippen LogP contribution is 2.33. The summed E-state index contributed by atoms with van der Waals surface area (Å²) in [5.41, 5.74) is 5.72. The molecule has 0 saturated heterocycles. The molecule has 3 N–H and O–H groups in total. The summed E-state index contributed by atoms with van der Waals surface area (Å²) in [6.45, 7) is 4.95. The summed E-state index contributed by atoms with van der Waals surface area (Å²) in [5, 5.41) is 27.7. The van der Waals surface area contributed by atoms with Gasteiger partial charge >= 0.3 is 0 Å². The normalized spacial score (nSPS) is 15.0. The van der Waals surface area contributed by atoms with Gasteiger partial charge in [-0.2, -0.15) is 0 Å². The average Bonchev–Trinajstić information content (AvgIpc) is 3.22.